The zero-order valence-corrected chi connectivity index (χ0v) is 12.4. The minimum atomic E-state index is 0.283. The molecule has 3 rings (SSSR count). The number of nitrogens with two attached hydrogens (primary N) is 1. The van der Waals surface area contributed by atoms with E-state index in [-0.39, 0.29) is 5.82 Å². The lowest BCUT2D eigenvalue weighted by Crippen LogP contribution is -2.04. The van der Waals surface area contributed by atoms with Crippen LogP contribution in [-0.4, -0.2) is 14.8 Å². The van der Waals surface area contributed by atoms with Crippen molar-refractivity contribution in [1.82, 2.24) is 14.8 Å². The minimum Gasteiger partial charge on any atom is -0.382 e. The van der Waals surface area contributed by atoms with Crippen molar-refractivity contribution in [3.8, 4) is 23.1 Å². The Morgan fingerprint density at radius 2 is 1.90 bits per heavy atom. The number of hydrogen-bond donors (Lipinski definition) is 1. The first-order valence-electron chi connectivity index (χ1n) is 6.16. The van der Waals surface area contributed by atoms with Gasteiger partial charge < -0.3 is 5.73 Å². The molecule has 21 heavy (non-hydrogen) atoms. The molecule has 6 heteroatoms. The number of benzene rings is 1. The van der Waals surface area contributed by atoms with Crippen LogP contribution in [-0.2, 0) is 0 Å². The van der Waals surface area contributed by atoms with E-state index < -0.39 is 0 Å². The van der Waals surface area contributed by atoms with E-state index in [1.807, 2.05) is 36.4 Å². The number of aromatic nitrogens is 3. The maximum atomic E-state index is 9.35. The highest BCUT2D eigenvalue weighted by Crippen LogP contribution is 2.28. The van der Waals surface area contributed by atoms with Crippen LogP contribution in [0.5, 0.6) is 0 Å². The standard InChI is InChI=1S/C15H10BrN5/c16-11-6-7-13(19-9-11)21-15(18)12(8-17)14(20-21)10-4-2-1-3-5-10/h1-7,9H,18H2. The summed E-state index contributed by atoms with van der Waals surface area (Å²) in [5, 5.41) is 13.8. The van der Waals surface area contributed by atoms with Gasteiger partial charge in [-0.1, -0.05) is 30.3 Å². The summed E-state index contributed by atoms with van der Waals surface area (Å²) in [4.78, 5) is 4.26. The summed E-state index contributed by atoms with van der Waals surface area (Å²) in [5.41, 5.74) is 7.80. The number of rotatable bonds is 2. The Morgan fingerprint density at radius 1 is 1.14 bits per heavy atom. The van der Waals surface area contributed by atoms with E-state index in [9.17, 15) is 5.26 Å². The van der Waals surface area contributed by atoms with Gasteiger partial charge in [-0.15, -0.1) is 0 Å². The van der Waals surface area contributed by atoms with Crippen LogP contribution >= 0.6 is 15.9 Å². The summed E-state index contributed by atoms with van der Waals surface area (Å²) in [6, 6.07) is 15.2. The second kappa shape index (κ2) is 5.38. The smallest absolute Gasteiger partial charge is 0.155 e. The third kappa shape index (κ3) is 2.39. The molecule has 0 saturated heterocycles. The van der Waals surface area contributed by atoms with E-state index in [0.717, 1.165) is 10.0 Å². The van der Waals surface area contributed by atoms with Crippen LogP contribution in [0.15, 0.2) is 53.1 Å². The molecule has 0 fully saturated rings. The summed E-state index contributed by atoms with van der Waals surface area (Å²) in [6.07, 6.45) is 1.66. The Bertz CT molecular complexity index is 816. The van der Waals surface area contributed by atoms with Crippen LogP contribution in [0.25, 0.3) is 17.1 Å². The number of pyridine rings is 1. The van der Waals surface area contributed by atoms with Gasteiger partial charge in [0.2, 0.25) is 0 Å². The molecule has 1 aromatic carbocycles. The van der Waals surface area contributed by atoms with Gasteiger partial charge in [-0.2, -0.15) is 15.0 Å². The van der Waals surface area contributed by atoms with Crippen LogP contribution < -0.4 is 5.73 Å². The van der Waals surface area contributed by atoms with Gasteiger partial charge in [0, 0.05) is 16.2 Å². The first kappa shape index (κ1) is 13.3. The lowest BCUT2D eigenvalue weighted by molar-refractivity contribution is 0.859. The molecule has 3 aromatic rings. The molecule has 2 heterocycles. The summed E-state index contributed by atoms with van der Waals surface area (Å²) in [5.74, 6) is 0.848. The highest BCUT2D eigenvalue weighted by molar-refractivity contribution is 9.10. The summed E-state index contributed by atoms with van der Waals surface area (Å²) < 4.78 is 2.34. The topological polar surface area (TPSA) is 80.5 Å². The molecule has 0 aliphatic carbocycles. The third-order valence-corrected chi connectivity index (χ3v) is 3.48. The van der Waals surface area contributed by atoms with Crippen molar-refractivity contribution < 1.29 is 0 Å². The van der Waals surface area contributed by atoms with Crippen molar-refractivity contribution in [3.63, 3.8) is 0 Å². The van der Waals surface area contributed by atoms with E-state index >= 15 is 0 Å². The molecule has 0 bridgehead atoms. The summed E-state index contributed by atoms with van der Waals surface area (Å²) in [7, 11) is 0. The van der Waals surface area contributed by atoms with Crippen molar-refractivity contribution in [2.75, 3.05) is 5.73 Å². The number of hydrogen-bond acceptors (Lipinski definition) is 4. The van der Waals surface area contributed by atoms with Gasteiger partial charge in [-0.3, -0.25) is 0 Å². The minimum absolute atomic E-state index is 0.283. The zero-order valence-electron chi connectivity index (χ0n) is 10.9. The van der Waals surface area contributed by atoms with Gasteiger partial charge in [0.25, 0.3) is 0 Å². The molecule has 0 radical (unpaired) electrons. The fourth-order valence-corrected chi connectivity index (χ4v) is 2.24. The van der Waals surface area contributed by atoms with E-state index in [4.69, 9.17) is 5.73 Å². The van der Waals surface area contributed by atoms with Gasteiger partial charge in [-0.05, 0) is 28.1 Å². The van der Waals surface area contributed by atoms with E-state index in [0.29, 0.717) is 17.1 Å². The highest BCUT2D eigenvalue weighted by Gasteiger charge is 2.18. The lowest BCUT2D eigenvalue weighted by Gasteiger charge is -2.02. The highest BCUT2D eigenvalue weighted by atomic mass is 79.9. The fraction of sp³-hybridized carbons (Fsp3) is 0. The van der Waals surface area contributed by atoms with E-state index in [2.05, 4.69) is 32.1 Å². The Balaban J connectivity index is 2.19. The average Bonchev–Trinajstić information content (AvgIpc) is 2.86. The van der Waals surface area contributed by atoms with E-state index in [1.165, 1.54) is 4.68 Å². The van der Waals surface area contributed by atoms with Crippen LogP contribution in [0.1, 0.15) is 5.56 Å². The van der Waals surface area contributed by atoms with Gasteiger partial charge in [0.05, 0.1) is 0 Å². The monoisotopic (exact) mass is 339 g/mol. The number of nitrogens with zero attached hydrogens (tertiary/aromatic N) is 4. The molecule has 2 N–H and O–H groups in total. The fourth-order valence-electron chi connectivity index (χ4n) is 2.01. The molecular weight excluding hydrogens is 330 g/mol. The molecule has 0 atom stereocenters. The van der Waals surface area contributed by atoms with Crippen molar-refractivity contribution in [2.24, 2.45) is 0 Å². The molecule has 2 aromatic heterocycles. The molecule has 0 aliphatic rings. The normalized spacial score (nSPS) is 10.3. The van der Waals surface area contributed by atoms with Crippen LogP contribution in [0.2, 0.25) is 0 Å². The lowest BCUT2D eigenvalue weighted by atomic mass is 10.1. The second-order valence-electron chi connectivity index (χ2n) is 4.33. The maximum absolute atomic E-state index is 9.35. The third-order valence-electron chi connectivity index (χ3n) is 3.01. The Hall–Kier alpha value is -2.65. The van der Waals surface area contributed by atoms with Crippen LogP contribution in [0.4, 0.5) is 5.82 Å². The van der Waals surface area contributed by atoms with Gasteiger partial charge in [0.15, 0.2) is 5.82 Å². The van der Waals surface area contributed by atoms with Gasteiger partial charge in [0.1, 0.15) is 23.1 Å². The van der Waals surface area contributed by atoms with Gasteiger partial charge in [-0.25, -0.2) is 4.98 Å². The largest absolute Gasteiger partial charge is 0.382 e. The molecule has 0 unspecified atom stereocenters. The molecular formula is C15H10BrN5. The molecule has 102 valence electrons. The first-order valence-corrected chi connectivity index (χ1v) is 6.96. The molecule has 0 saturated carbocycles. The molecule has 0 spiro atoms. The van der Waals surface area contributed by atoms with Crippen molar-refractivity contribution in [1.29, 1.82) is 5.26 Å². The Morgan fingerprint density at radius 3 is 2.52 bits per heavy atom. The second-order valence-corrected chi connectivity index (χ2v) is 5.25. The molecule has 5 nitrogen and oxygen atoms in total. The predicted octanol–water partition coefficient (Wildman–Crippen LogP) is 3.15. The van der Waals surface area contributed by atoms with E-state index in [1.54, 1.807) is 12.3 Å². The van der Waals surface area contributed by atoms with Gasteiger partial charge >= 0.3 is 0 Å². The van der Waals surface area contributed by atoms with Crippen LogP contribution in [0.3, 0.4) is 0 Å². The Kier molecular flexibility index (Phi) is 3.42. The Labute approximate surface area is 129 Å². The number of halogens is 1. The van der Waals surface area contributed by atoms with Crippen molar-refractivity contribution in [3.05, 3.63) is 58.7 Å². The number of anilines is 1. The average molecular weight is 340 g/mol. The SMILES string of the molecule is N#Cc1c(-c2ccccc2)nn(-c2ccc(Br)cn2)c1N. The predicted molar refractivity (Wildman–Crippen MR) is 83.6 cm³/mol. The molecule has 0 amide bonds. The summed E-state index contributed by atoms with van der Waals surface area (Å²) >= 11 is 3.33. The maximum Gasteiger partial charge on any atom is 0.155 e. The number of nitriles is 1. The zero-order chi connectivity index (χ0) is 14.8. The van der Waals surface area contributed by atoms with Crippen molar-refractivity contribution >= 4 is 21.7 Å². The number of nitrogen functional groups attached to an aromatic ring is 1. The quantitative estimate of drug-likeness (QED) is 0.777. The van der Waals surface area contributed by atoms with Crippen molar-refractivity contribution in [2.45, 2.75) is 0 Å². The summed E-state index contributed by atoms with van der Waals surface area (Å²) in [6.45, 7) is 0. The first-order chi connectivity index (χ1) is 10.2. The van der Waals surface area contributed by atoms with Crippen LogP contribution in [0, 0.1) is 11.3 Å². The molecule has 0 aliphatic heterocycles.